The van der Waals surface area contributed by atoms with E-state index in [1.165, 1.54) is 30.2 Å². The number of nitrogens with zero attached hydrogens (tertiary/aromatic N) is 4. The van der Waals surface area contributed by atoms with E-state index < -0.39 is 0 Å². The predicted octanol–water partition coefficient (Wildman–Crippen LogP) is 3.68. The maximum absolute atomic E-state index is 13.3. The number of amides is 2. The molecule has 1 aliphatic carbocycles. The third kappa shape index (κ3) is 5.81. The number of fused-ring (bicyclic) bond motifs is 1. The topological polar surface area (TPSA) is 84.7 Å². The van der Waals surface area contributed by atoms with Crippen molar-refractivity contribution in [2.45, 2.75) is 50.7 Å². The van der Waals surface area contributed by atoms with E-state index in [-0.39, 0.29) is 23.3 Å². The molecule has 1 aromatic carbocycles. The lowest BCUT2D eigenvalue weighted by Crippen LogP contribution is -2.51. The number of benzene rings is 1. The smallest absolute Gasteiger partial charge is 0.409 e. The average Bonchev–Trinajstić information content (AvgIpc) is 2.87. The molecule has 0 spiro atoms. The summed E-state index contributed by atoms with van der Waals surface area (Å²) in [5.41, 5.74) is 2.00. The largest absolute Gasteiger partial charge is 0.450 e. The second-order valence-corrected chi connectivity index (χ2v) is 9.52. The first-order chi connectivity index (χ1) is 16.6. The molecule has 2 aromatic rings. The van der Waals surface area contributed by atoms with E-state index in [4.69, 9.17) is 9.72 Å². The fourth-order valence-corrected chi connectivity index (χ4v) is 5.34. The van der Waals surface area contributed by atoms with E-state index in [0.29, 0.717) is 55.4 Å². The summed E-state index contributed by atoms with van der Waals surface area (Å²) in [7, 11) is 0. The number of ether oxygens (including phenoxy) is 1. The van der Waals surface area contributed by atoms with Crippen molar-refractivity contribution in [3.8, 4) is 0 Å². The Hall–Kier alpha value is -2.81. The quantitative estimate of drug-likeness (QED) is 0.339. The van der Waals surface area contributed by atoms with Gasteiger partial charge in [-0.15, -0.1) is 0 Å². The number of aromatic nitrogens is 2. The number of hydrogen-bond donors (Lipinski definition) is 0. The van der Waals surface area contributed by atoms with E-state index in [1.54, 1.807) is 21.3 Å². The van der Waals surface area contributed by atoms with Gasteiger partial charge < -0.3 is 14.5 Å². The number of carbonyl (C=O) groups is 2. The van der Waals surface area contributed by atoms with Gasteiger partial charge in [0, 0.05) is 32.7 Å². The van der Waals surface area contributed by atoms with Crippen LogP contribution in [0.2, 0.25) is 0 Å². The minimum absolute atomic E-state index is 0.0162. The van der Waals surface area contributed by atoms with E-state index in [0.717, 1.165) is 19.3 Å². The molecule has 34 heavy (non-hydrogen) atoms. The Bertz CT molecular complexity index is 1120. The van der Waals surface area contributed by atoms with E-state index in [2.05, 4.69) is 6.08 Å². The van der Waals surface area contributed by atoms with Crippen molar-refractivity contribution >= 4 is 34.7 Å². The predicted molar refractivity (Wildman–Crippen MR) is 133 cm³/mol. The molecular weight excluding hydrogens is 452 g/mol. The molecule has 182 valence electrons. The standard InChI is InChI=1S/C25H32N4O4S/c1-2-33-25(32)28-16-14-27(15-17-28)22(30)18-34-24-26-21-11-7-6-10-20(21)23(31)29(24)13-12-19-8-4-3-5-9-19/h6-8,10-11H,2-5,9,12-18H2,1H3. The normalized spacial score (nSPS) is 16.4. The van der Waals surface area contributed by atoms with E-state index in [1.807, 2.05) is 24.3 Å². The minimum atomic E-state index is -0.332. The summed E-state index contributed by atoms with van der Waals surface area (Å²) in [6.45, 7) is 4.56. The van der Waals surface area contributed by atoms with Crippen LogP contribution in [-0.4, -0.2) is 69.9 Å². The van der Waals surface area contributed by atoms with Gasteiger partial charge in [-0.1, -0.05) is 35.5 Å². The molecule has 0 N–H and O–H groups in total. The summed E-state index contributed by atoms with van der Waals surface area (Å²) in [6.07, 6.45) is 7.44. The first-order valence-electron chi connectivity index (χ1n) is 12.1. The maximum Gasteiger partial charge on any atom is 0.409 e. The molecule has 0 radical (unpaired) electrons. The number of carbonyl (C=O) groups excluding carboxylic acids is 2. The fourth-order valence-electron chi connectivity index (χ4n) is 4.41. The Kier molecular flexibility index (Phi) is 8.26. The number of allylic oxidation sites excluding steroid dienone is 2. The van der Waals surface area contributed by atoms with Gasteiger partial charge in [-0.3, -0.25) is 14.2 Å². The molecule has 0 bridgehead atoms. The Morgan fingerprint density at radius 3 is 2.59 bits per heavy atom. The van der Waals surface area contributed by atoms with Gasteiger partial charge in [0.1, 0.15) is 0 Å². The summed E-state index contributed by atoms with van der Waals surface area (Å²) in [5, 5.41) is 1.18. The highest BCUT2D eigenvalue weighted by molar-refractivity contribution is 7.99. The van der Waals surface area contributed by atoms with Gasteiger partial charge in [-0.2, -0.15) is 0 Å². The van der Waals surface area contributed by atoms with Crippen LogP contribution in [0.5, 0.6) is 0 Å². The average molecular weight is 485 g/mol. The van der Waals surface area contributed by atoms with Gasteiger partial charge in [0.25, 0.3) is 5.56 Å². The first kappa shape index (κ1) is 24.3. The number of thioether (sulfide) groups is 1. The van der Waals surface area contributed by atoms with Gasteiger partial charge in [0.15, 0.2) is 5.16 Å². The monoisotopic (exact) mass is 484 g/mol. The lowest BCUT2D eigenvalue weighted by atomic mass is 9.97. The summed E-state index contributed by atoms with van der Waals surface area (Å²) in [6, 6.07) is 7.37. The lowest BCUT2D eigenvalue weighted by molar-refractivity contribution is -0.129. The summed E-state index contributed by atoms with van der Waals surface area (Å²) < 4.78 is 6.77. The van der Waals surface area contributed by atoms with Crippen LogP contribution in [0.1, 0.15) is 39.0 Å². The van der Waals surface area contributed by atoms with Crippen molar-refractivity contribution in [1.29, 1.82) is 0 Å². The van der Waals surface area contributed by atoms with Crippen LogP contribution < -0.4 is 5.56 Å². The Morgan fingerprint density at radius 1 is 1.09 bits per heavy atom. The van der Waals surface area contributed by atoms with Crippen molar-refractivity contribution < 1.29 is 14.3 Å². The molecule has 0 unspecified atom stereocenters. The van der Waals surface area contributed by atoms with Crippen LogP contribution in [0.4, 0.5) is 4.79 Å². The maximum atomic E-state index is 13.3. The molecular formula is C25H32N4O4S. The molecule has 4 rings (SSSR count). The van der Waals surface area contributed by atoms with Crippen LogP contribution in [0, 0.1) is 0 Å². The van der Waals surface area contributed by atoms with Crippen molar-refractivity contribution in [2.24, 2.45) is 0 Å². The Labute approximate surface area is 204 Å². The second-order valence-electron chi connectivity index (χ2n) is 8.58. The molecule has 2 aliphatic rings. The van der Waals surface area contributed by atoms with Crippen LogP contribution >= 0.6 is 11.8 Å². The zero-order valence-corrected chi connectivity index (χ0v) is 20.5. The summed E-state index contributed by atoms with van der Waals surface area (Å²) >= 11 is 1.32. The van der Waals surface area contributed by atoms with Crippen molar-refractivity contribution in [3.05, 3.63) is 46.3 Å². The molecule has 0 saturated carbocycles. The molecule has 0 atom stereocenters. The lowest BCUT2D eigenvalue weighted by Gasteiger charge is -2.34. The van der Waals surface area contributed by atoms with Gasteiger partial charge in [-0.05, 0) is 51.2 Å². The second kappa shape index (κ2) is 11.6. The van der Waals surface area contributed by atoms with E-state index >= 15 is 0 Å². The van der Waals surface area contributed by atoms with E-state index in [9.17, 15) is 14.4 Å². The molecule has 1 saturated heterocycles. The minimum Gasteiger partial charge on any atom is -0.450 e. The number of piperazine rings is 1. The third-order valence-corrected chi connectivity index (χ3v) is 7.31. The Morgan fingerprint density at radius 2 is 1.85 bits per heavy atom. The van der Waals surface area contributed by atoms with Crippen LogP contribution in [-0.2, 0) is 16.1 Å². The molecule has 1 aliphatic heterocycles. The highest BCUT2D eigenvalue weighted by Gasteiger charge is 2.25. The molecule has 1 fully saturated rings. The van der Waals surface area contributed by atoms with Crippen molar-refractivity contribution in [2.75, 3.05) is 38.5 Å². The first-order valence-corrected chi connectivity index (χ1v) is 13.0. The Balaban J connectivity index is 1.44. The van der Waals surface area contributed by atoms with Crippen molar-refractivity contribution in [3.63, 3.8) is 0 Å². The van der Waals surface area contributed by atoms with Crippen molar-refractivity contribution in [1.82, 2.24) is 19.4 Å². The number of para-hydroxylation sites is 1. The highest BCUT2D eigenvalue weighted by atomic mass is 32.2. The third-order valence-electron chi connectivity index (χ3n) is 6.35. The molecule has 9 heteroatoms. The van der Waals surface area contributed by atoms with Crippen LogP contribution in [0.25, 0.3) is 10.9 Å². The molecule has 2 amide bonds. The number of hydrogen-bond acceptors (Lipinski definition) is 6. The van der Waals surface area contributed by atoms with Gasteiger partial charge in [0.2, 0.25) is 5.91 Å². The molecule has 8 nitrogen and oxygen atoms in total. The SMILES string of the molecule is CCOC(=O)N1CCN(C(=O)CSc2nc3ccccc3c(=O)n2CCC2=CCCCC2)CC1. The van der Waals surface area contributed by atoms with Crippen LogP contribution in [0.15, 0.2) is 45.9 Å². The molecule has 2 heterocycles. The fraction of sp³-hybridized carbons (Fsp3) is 0.520. The zero-order chi connectivity index (χ0) is 23.9. The zero-order valence-electron chi connectivity index (χ0n) is 19.7. The van der Waals surface area contributed by atoms with Gasteiger partial charge in [0.05, 0.1) is 23.3 Å². The van der Waals surface area contributed by atoms with Gasteiger partial charge >= 0.3 is 6.09 Å². The summed E-state index contributed by atoms with van der Waals surface area (Å²) in [5.74, 6) is 0.185. The summed E-state index contributed by atoms with van der Waals surface area (Å²) in [4.78, 5) is 46.2. The molecule has 1 aromatic heterocycles. The van der Waals surface area contributed by atoms with Crippen LogP contribution in [0.3, 0.4) is 0 Å². The van der Waals surface area contributed by atoms with Gasteiger partial charge in [-0.25, -0.2) is 9.78 Å². The number of rotatable bonds is 7. The highest BCUT2D eigenvalue weighted by Crippen LogP contribution is 2.23.